The smallest absolute Gasteiger partial charge is 0.355 e. The Labute approximate surface area is 172 Å². The number of nitro benzene ring substituents is 1. The van der Waals surface area contributed by atoms with Crippen molar-refractivity contribution in [2.24, 2.45) is 0 Å². The molecule has 0 fully saturated rings. The molecule has 30 heavy (non-hydrogen) atoms. The van der Waals surface area contributed by atoms with E-state index in [9.17, 15) is 19.7 Å². The van der Waals surface area contributed by atoms with Gasteiger partial charge in [0, 0.05) is 17.7 Å². The average Bonchev–Trinajstić information content (AvgIpc) is 2.78. The van der Waals surface area contributed by atoms with E-state index in [4.69, 9.17) is 4.74 Å². The summed E-state index contributed by atoms with van der Waals surface area (Å²) >= 11 is 0. The van der Waals surface area contributed by atoms with Crippen LogP contribution in [0.4, 0.5) is 5.69 Å². The Balaban J connectivity index is 1.85. The summed E-state index contributed by atoms with van der Waals surface area (Å²) in [4.78, 5) is 35.7. The molecule has 0 bridgehead atoms. The molecular formula is C23H18N2O5. The number of ether oxygens (including phenoxy) is 1. The molecule has 0 aliphatic rings. The number of carbonyl (C=O) groups is 2. The molecule has 1 amide bonds. The van der Waals surface area contributed by atoms with E-state index in [-0.39, 0.29) is 18.0 Å². The van der Waals surface area contributed by atoms with Crippen LogP contribution in [0.3, 0.4) is 0 Å². The fraction of sp³-hybridized carbons (Fsp3) is 0.0435. The van der Waals surface area contributed by atoms with Gasteiger partial charge < -0.3 is 10.1 Å². The van der Waals surface area contributed by atoms with Crippen molar-refractivity contribution in [2.45, 2.75) is 6.61 Å². The summed E-state index contributed by atoms with van der Waals surface area (Å²) < 4.78 is 5.32. The molecule has 0 aromatic heterocycles. The minimum absolute atomic E-state index is 0.0210. The topological polar surface area (TPSA) is 98.5 Å². The van der Waals surface area contributed by atoms with Gasteiger partial charge in [0.15, 0.2) is 0 Å². The number of nitrogens with zero attached hydrogens (tertiary/aromatic N) is 1. The zero-order valence-electron chi connectivity index (χ0n) is 15.9. The molecule has 0 atom stereocenters. The molecule has 0 unspecified atom stereocenters. The summed E-state index contributed by atoms with van der Waals surface area (Å²) in [5.74, 6) is -1.25. The maximum Gasteiger partial charge on any atom is 0.355 e. The lowest BCUT2D eigenvalue weighted by atomic mass is 10.1. The molecule has 0 saturated carbocycles. The van der Waals surface area contributed by atoms with Crippen molar-refractivity contribution in [1.82, 2.24) is 5.32 Å². The van der Waals surface area contributed by atoms with Crippen LogP contribution in [0.25, 0.3) is 6.08 Å². The predicted octanol–water partition coefficient (Wildman–Crippen LogP) is 4.11. The fourth-order valence-electron chi connectivity index (χ4n) is 2.63. The highest BCUT2D eigenvalue weighted by Gasteiger charge is 2.17. The number of hydrogen-bond acceptors (Lipinski definition) is 5. The molecule has 3 aromatic carbocycles. The van der Waals surface area contributed by atoms with Crippen LogP contribution in [0.5, 0.6) is 0 Å². The third-order valence-electron chi connectivity index (χ3n) is 4.11. The highest BCUT2D eigenvalue weighted by Crippen LogP contribution is 2.16. The van der Waals surface area contributed by atoms with Crippen LogP contribution in [0, 0.1) is 10.1 Å². The lowest BCUT2D eigenvalue weighted by Crippen LogP contribution is -2.28. The first-order valence-electron chi connectivity index (χ1n) is 9.06. The molecule has 150 valence electrons. The Kier molecular flexibility index (Phi) is 6.68. The van der Waals surface area contributed by atoms with Crippen molar-refractivity contribution in [1.29, 1.82) is 0 Å². The van der Waals surface area contributed by atoms with Crippen LogP contribution < -0.4 is 5.32 Å². The van der Waals surface area contributed by atoms with E-state index >= 15 is 0 Å². The van der Waals surface area contributed by atoms with Crippen molar-refractivity contribution in [3.05, 3.63) is 117 Å². The number of nitrogens with one attached hydrogen (secondary N) is 1. The molecular weight excluding hydrogens is 384 g/mol. The standard InChI is InChI=1S/C23H18N2O5/c26-22(19-11-5-2-6-12-19)24-21(15-18-10-7-13-20(14-18)25(28)29)23(27)30-16-17-8-3-1-4-9-17/h1-15H,16H2,(H,24,26). The molecule has 0 aliphatic carbocycles. The van der Waals surface area contributed by atoms with Crippen LogP contribution in [0.1, 0.15) is 21.5 Å². The van der Waals surface area contributed by atoms with E-state index in [0.717, 1.165) is 5.56 Å². The second kappa shape index (κ2) is 9.79. The fourth-order valence-corrected chi connectivity index (χ4v) is 2.63. The van der Waals surface area contributed by atoms with E-state index in [2.05, 4.69) is 5.32 Å². The molecule has 7 nitrogen and oxygen atoms in total. The van der Waals surface area contributed by atoms with Gasteiger partial charge in [0.2, 0.25) is 0 Å². The van der Waals surface area contributed by atoms with Gasteiger partial charge in [0.1, 0.15) is 12.3 Å². The third kappa shape index (κ3) is 5.62. The van der Waals surface area contributed by atoms with Gasteiger partial charge in [0.25, 0.3) is 11.6 Å². The molecule has 3 aromatic rings. The molecule has 0 spiro atoms. The van der Waals surface area contributed by atoms with Crippen molar-refractivity contribution in [3.8, 4) is 0 Å². The first-order valence-corrected chi connectivity index (χ1v) is 9.06. The number of non-ortho nitro benzene ring substituents is 1. The molecule has 0 heterocycles. The van der Waals surface area contributed by atoms with E-state index < -0.39 is 16.8 Å². The summed E-state index contributed by atoms with van der Waals surface area (Å²) in [6.07, 6.45) is 1.35. The predicted molar refractivity (Wildman–Crippen MR) is 111 cm³/mol. The summed E-state index contributed by atoms with van der Waals surface area (Å²) in [5, 5.41) is 13.6. The van der Waals surface area contributed by atoms with E-state index in [1.165, 1.54) is 24.3 Å². The van der Waals surface area contributed by atoms with E-state index in [1.807, 2.05) is 18.2 Å². The SMILES string of the molecule is O=C(OCc1ccccc1)C(=Cc1cccc([N+](=O)[O-])c1)NC(=O)c1ccccc1. The summed E-state index contributed by atoms with van der Waals surface area (Å²) in [5.41, 5.74) is 1.27. The zero-order chi connectivity index (χ0) is 21.3. The number of nitro groups is 1. The van der Waals surface area contributed by atoms with Gasteiger partial charge in [-0.2, -0.15) is 0 Å². The summed E-state index contributed by atoms with van der Waals surface area (Å²) in [6, 6.07) is 23.2. The minimum Gasteiger partial charge on any atom is -0.456 e. The highest BCUT2D eigenvalue weighted by atomic mass is 16.6. The number of esters is 1. The van der Waals surface area contributed by atoms with Crippen molar-refractivity contribution in [3.63, 3.8) is 0 Å². The zero-order valence-corrected chi connectivity index (χ0v) is 15.9. The normalized spacial score (nSPS) is 10.9. The number of amides is 1. The largest absolute Gasteiger partial charge is 0.456 e. The van der Waals surface area contributed by atoms with E-state index in [0.29, 0.717) is 11.1 Å². The van der Waals surface area contributed by atoms with Gasteiger partial charge >= 0.3 is 5.97 Å². The lowest BCUT2D eigenvalue weighted by Gasteiger charge is -2.11. The number of hydrogen-bond donors (Lipinski definition) is 1. The van der Waals surface area contributed by atoms with Crippen LogP contribution in [0.2, 0.25) is 0 Å². The first-order chi connectivity index (χ1) is 14.5. The van der Waals surface area contributed by atoms with Crippen LogP contribution >= 0.6 is 0 Å². The summed E-state index contributed by atoms with van der Waals surface area (Å²) in [6.45, 7) is 0.0210. The van der Waals surface area contributed by atoms with Gasteiger partial charge in [-0.05, 0) is 29.3 Å². The number of rotatable bonds is 7. The van der Waals surface area contributed by atoms with Crippen LogP contribution in [-0.2, 0) is 16.1 Å². The maximum absolute atomic E-state index is 12.7. The van der Waals surface area contributed by atoms with Crippen molar-refractivity contribution in [2.75, 3.05) is 0 Å². The second-order valence-corrected chi connectivity index (χ2v) is 6.29. The molecule has 1 N–H and O–H groups in total. The monoisotopic (exact) mass is 402 g/mol. The molecule has 0 aliphatic heterocycles. The first kappa shape index (κ1) is 20.5. The Morgan fingerprint density at radius 2 is 1.60 bits per heavy atom. The Morgan fingerprint density at radius 3 is 2.27 bits per heavy atom. The molecule has 0 radical (unpaired) electrons. The van der Waals surface area contributed by atoms with Gasteiger partial charge in [-0.1, -0.05) is 60.7 Å². The molecule has 7 heteroatoms. The number of benzene rings is 3. The molecule has 3 rings (SSSR count). The minimum atomic E-state index is -0.755. The molecule has 0 saturated heterocycles. The Hall–Kier alpha value is -4.26. The highest BCUT2D eigenvalue weighted by molar-refractivity contribution is 6.03. The Bertz CT molecular complexity index is 1080. The van der Waals surface area contributed by atoms with Crippen LogP contribution in [0.15, 0.2) is 90.6 Å². The van der Waals surface area contributed by atoms with Crippen LogP contribution in [-0.4, -0.2) is 16.8 Å². The van der Waals surface area contributed by atoms with E-state index in [1.54, 1.807) is 48.5 Å². The average molecular weight is 402 g/mol. The van der Waals surface area contributed by atoms with Gasteiger partial charge in [-0.3, -0.25) is 14.9 Å². The lowest BCUT2D eigenvalue weighted by molar-refractivity contribution is -0.384. The third-order valence-corrected chi connectivity index (χ3v) is 4.11. The summed E-state index contributed by atoms with van der Waals surface area (Å²) in [7, 11) is 0. The quantitative estimate of drug-likeness (QED) is 0.278. The van der Waals surface area contributed by atoms with Gasteiger partial charge in [-0.25, -0.2) is 4.79 Å². The maximum atomic E-state index is 12.7. The number of carbonyl (C=O) groups excluding carboxylic acids is 2. The van der Waals surface area contributed by atoms with Crippen molar-refractivity contribution < 1.29 is 19.2 Å². The van der Waals surface area contributed by atoms with Gasteiger partial charge in [-0.15, -0.1) is 0 Å². The Morgan fingerprint density at radius 1 is 0.933 bits per heavy atom. The van der Waals surface area contributed by atoms with Gasteiger partial charge in [0.05, 0.1) is 4.92 Å². The van der Waals surface area contributed by atoms with Crippen molar-refractivity contribution >= 4 is 23.6 Å². The second-order valence-electron chi connectivity index (χ2n) is 6.29.